The van der Waals surface area contributed by atoms with E-state index in [9.17, 15) is 0 Å². The van der Waals surface area contributed by atoms with Crippen molar-refractivity contribution < 1.29 is 0 Å². The van der Waals surface area contributed by atoms with Crippen LogP contribution in [-0.2, 0) is 12.8 Å². The lowest BCUT2D eigenvalue weighted by atomic mass is 9.85. The van der Waals surface area contributed by atoms with Crippen molar-refractivity contribution in [2.24, 2.45) is 5.41 Å². The second-order valence-corrected chi connectivity index (χ2v) is 7.67. The fourth-order valence-corrected chi connectivity index (χ4v) is 4.00. The highest BCUT2D eigenvalue weighted by molar-refractivity contribution is 5.30. The van der Waals surface area contributed by atoms with E-state index in [1.54, 1.807) is 11.1 Å². The summed E-state index contributed by atoms with van der Waals surface area (Å²) < 4.78 is 0. The van der Waals surface area contributed by atoms with Gasteiger partial charge in [-0.1, -0.05) is 44.5 Å². The first-order valence-corrected chi connectivity index (χ1v) is 8.45. The number of hydrogen-bond acceptors (Lipinski definition) is 1. The molecule has 3 rings (SSSR count). The molecule has 0 amide bonds. The third-order valence-electron chi connectivity index (χ3n) is 5.39. The number of fused-ring (bicyclic) bond motifs is 1. The number of rotatable bonds is 2. The first kappa shape index (κ1) is 14.1. The third-order valence-corrected chi connectivity index (χ3v) is 5.39. The molecule has 1 N–H and O–H groups in total. The molecule has 2 atom stereocenters. The Balaban J connectivity index is 1.57. The molecule has 0 saturated heterocycles. The van der Waals surface area contributed by atoms with Gasteiger partial charge < -0.3 is 5.32 Å². The maximum atomic E-state index is 3.98. The van der Waals surface area contributed by atoms with E-state index < -0.39 is 0 Å². The van der Waals surface area contributed by atoms with Gasteiger partial charge in [-0.15, -0.1) is 0 Å². The van der Waals surface area contributed by atoms with Gasteiger partial charge in [0.2, 0.25) is 0 Å². The fraction of sp³-hybridized carbons (Fsp3) is 0.684. The van der Waals surface area contributed by atoms with Crippen molar-refractivity contribution in [1.82, 2.24) is 5.32 Å². The molecule has 0 aliphatic heterocycles. The Morgan fingerprint density at radius 1 is 0.950 bits per heavy atom. The molecule has 0 radical (unpaired) electrons. The van der Waals surface area contributed by atoms with Gasteiger partial charge in [0.15, 0.2) is 0 Å². The predicted molar refractivity (Wildman–Crippen MR) is 86.0 cm³/mol. The van der Waals surface area contributed by atoms with E-state index in [2.05, 4.69) is 43.4 Å². The first-order chi connectivity index (χ1) is 9.62. The predicted octanol–water partition coefficient (Wildman–Crippen LogP) is 4.49. The van der Waals surface area contributed by atoms with E-state index in [0.29, 0.717) is 11.5 Å². The Hall–Kier alpha value is -0.820. The van der Waals surface area contributed by atoms with Gasteiger partial charge in [-0.05, 0) is 61.5 Å². The van der Waals surface area contributed by atoms with E-state index in [-0.39, 0.29) is 0 Å². The van der Waals surface area contributed by atoms with Crippen LogP contribution < -0.4 is 5.32 Å². The summed E-state index contributed by atoms with van der Waals surface area (Å²) in [5.74, 6) is 0. The molecule has 0 spiro atoms. The number of nitrogens with one attached hydrogen (secondary N) is 1. The molecule has 1 aromatic carbocycles. The lowest BCUT2D eigenvalue weighted by Crippen LogP contribution is -2.41. The lowest BCUT2D eigenvalue weighted by molar-refractivity contribution is 0.304. The molecule has 2 aliphatic carbocycles. The molecule has 20 heavy (non-hydrogen) atoms. The second-order valence-electron chi connectivity index (χ2n) is 7.67. The standard InChI is InChI=1S/C19H29N/c1-19(2)12-5-8-17(11-13-19)20-18-10-9-15-6-3-4-7-16(15)14-18/h3-4,6-7,17-18,20H,5,8-14H2,1-2H3. The maximum Gasteiger partial charge on any atom is 0.0113 e. The van der Waals surface area contributed by atoms with Gasteiger partial charge in [0, 0.05) is 12.1 Å². The van der Waals surface area contributed by atoms with Crippen LogP contribution in [0.15, 0.2) is 24.3 Å². The molecule has 1 fully saturated rings. The molecular formula is C19H29N. The van der Waals surface area contributed by atoms with Gasteiger partial charge in [-0.3, -0.25) is 0 Å². The van der Waals surface area contributed by atoms with Crippen molar-refractivity contribution in [3.05, 3.63) is 35.4 Å². The van der Waals surface area contributed by atoms with E-state index in [4.69, 9.17) is 0 Å². The Morgan fingerprint density at radius 2 is 1.75 bits per heavy atom. The molecule has 0 heterocycles. The summed E-state index contributed by atoms with van der Waals surface area (Å²) in [6.45, 7) is 4.87. The smallest absolute Gasteiger partial charge is 0.0113 e. The van der Waals surface area contributed by atoms with Gasteiger partial charge in [0.05, 0.1) is 0 Å². The number of aryl methyl sites for hydroxylation is 1. The minimum absolute atomic E-state index is 0.565. The summed E-state index contributed by atoms with van der Waals surface area (Å²) >= 11 is 0. The van der Waals surface area contributed by atoms with Gasteiger partial charge in [-0.25, -0.2) is 0 Å². The molecular weight excluding hydrogens is 242 g/mol. The number of benzene rings is 1. The fourth-order valence-electron chi connectivity index (χ4n) is 4.00. The first-order valence-electron chi connectivity index (χ1n) is 8.45. The highest BCUT2D eigenvalue weighted by atomic mass is 14.9. The summed E-state index contributed by atoms with van der Waals surface area (Å²) in [6.07, 6.45) is 10.7. The van der Waals surface area contributed by atoms with E-state index in [1.807, 2.05) is 0 Å². The summed E-state index contributed by atoms with van der Waals surface area (Å²) in [5, 5.41) is 3.98. The van der Waals surface area contributed by atoms with Crippen LogP contribution in [0, 0.1) is 5.41 Å². The van der Waals surface area contributed by atoms with Crippen molar-refractivity contribution >= 4 is 0 Å². The molecule has 2 unspecified atom stereocenters. The second kappa shape index (κ2) is 5.89. The van der Waals surface area contributed by atoms with Crippen molar-refractivity contribution in [3.8, 4) is 0 Å². The Labute approximate surface area is 124 Å². The molecule has 1 nitrogen and oxygen atoms in total. The summed E-state index contributed by atoms with van der Waals surface area (Å²) in [7, 11) is 0. The van der Waals surface area contributed by atoms with Crippen LogP contribution in [0.4, 0.5) is 0 Å². The van der Waals surface area contributed by atoms with Gasteiger partial charge >= 0.3 is 0 Å². The summed E-state index contributed by atoms with van der Waals surface area (Å²) in [6, 6.07) is 10.5. The van der Waals surface area contributed by atoms with E-state index in [1.165, 1.54) is 51.4 Å². The van der Waals surface area contributed by atoms with Crippen molar-refractivity contribution in [2.45, 2.75) is 77.3 Å². The Morgan fingerprint density at radius 3 is 2.60 bits per heavy atom. The van der Waals surface area contributed by atoms with Crippen LogP contribution in [0.5, 0.6) is 0 Å². The highest BCUT2D eigenvalue weighted by Crippen LogP contribution is 2.34. The molecule has 1 aromatic rings. The summed E-state index contributed by atoms with van der Waals surface area (Å²) in [4.78, 5) is 0. The Kier molecular flexibility index (Phi) is 4.16. The minimum atomic E-state index is 0.565. The zero-order valence-electron chi connectivity index (χ0n) is 13.1. The largest absolute Gasteiger partial charge is 0.311 e. The maximum absolute atomic E-state index is 3.98. The average molecular weight is 271 g/mol. The van der Waals surface area contributed by atoms with E-state index >= 15 is 0 Å². The zero-order valence-corrected chi connectivity index (χ0v) is 13.1. The van der Waals surface area contributed by atoms with Crippen molar-refractivity contribution in [1.29, 1.82) is 0 Å². The van der Waals surface area contributed by atoms with Crippen LogP contribution in [0.25, 0.3) is 0 Å². The van der Waals surface area contributed by atoms with Crippen molar-refractivity contribution in [2.75, 3.05) is 0 Å². The zero-order chi connectivity index (χ0) is 14.0. The topological polar surface area (TPSA) is 12.0 Å². The van der Waals surface area contributed by atoms with E-state index in [0.717, 1.165) is 6.04 Å². The molecule has 1 heteroatoms. The highest BCUT2D eigenvalue weighted by Gasteiger charge is 2.26. The average Bonchev–Trinajstić information content (AvgIpc) is 2.60. The molecule has 1 saturated carbocycles. The van der Waals surface area contributed by atoms with Gasteiger partial charge in [-0.2, -0.15) is 0 Å². The summed E-state index contributed by atoms with van der Waals surface area (Å²) in [5.41, 5.74) is 3.72. The van der Waals surface area contributed by atoms with Crippen LogP contribution in [0.1, 0.15) is 63.5 Å². The minimum Gasteiger partial charge on any atom is -0.311 e. The molecule has 110 valence electrons. The third kappa shape index (κ3) is 3.44. The lowest BCUT2D eigenvalue weighted by Gasteiger charge is -2.30. The van der Waals surface area contributed by atoms with Crippen LogP contribution >= 0.6 is 0 Å². The molecule has 0 aromatic heterocycles. The molecule has 0 bridgehead atoms. The normalized spacial score (nSPS) is 29.5. The van der Waals surface area contributed by atoms with Crippen LogP contribution in [0.3, 0.4) is 0 Å². The van der Waals surface area contributed by atoms with Crippen LogP contribution in [0.2, 0.25) is 0 Å². The van der Waals surface area contributed by atoms with Crippen LogP contribution in [-0.4, -0.2) is 12.1 Å². The quantitative estimate of drug-likeness (QED) is 0.781. The van der Waals surface area contributed by atoms with Gasteiger partial charge in [0.1, 0.15) is 0 Å². The van der Waals surface area contributed by atoms with Gasteiger partial charge in [0.25, 0.3) is 0 Å². The van der Waals surface area contributed by atoms with Crippen molar-refractivity contribution in [3.63, 3.8) is 0 Å². The Bertz CT molecular complexity index is 449. The number of hydrogen-bond donors (Lipinski definition) is 1. The monoisotopic (exact) mass is 271 g/mol. The SMILES string of the molecule is CC1(C)CCCC(NC2CCc3ccccc3C2)CC1. The molecule has 2 aliphatic rings.